The second-order valence-electron chi connectivity index (χ2n) is 14.3. The average Bonchev–Trinajstić information content (AvgIpc) is 3.56. The average molecular weight is 727 g/mol. The zero-order valence-corrected chi connectivity index (χ0v) is 30.7. The van der Waals surface area contributed by atoms with Crippen LogP contribution in [0.25, 0.3) is 22.0 Å². The number of hydrogen-bond acceptors (Lipinski definition) is 8. The summed E-state index contributed by atoms with van der Waals surface area (Å²) in [4.78, 5) is 39.0. The number of aromatic nitrogens is 2. The highest BCUT2D eigenvalue weighted by molar-refractivity contribution is 7.90. The molecule has 3 aromatic carbocycles. The van der Waals surface area contributed by atoms with Crippen LogP contribution in [-0.2, 0) is 28.2 Å². The van der Waals surface area contributed by atoms with Crippen molar-refractivity contribution in [3.05, 3.63) is 117 Å². The number of nitro benzene ring substituents is 1. The number of hydrogen-bond donors (Lipinski definition) is 0. The highest BCUT2D eigenvalue weighted by atomic mass is 32.2. The molecule has 0 atom stereocenters. The van der Waals surface area contributed by atoms with Gasteiger partial charge >= 0.3 is 6.09 Å². The Labute approximate surface area is 302 Å². The molecule has 272 valence electrons. The molecule has 1 aliphatic heterocycles. The molecule has 5 aromatic rings. The molecule has 0 unspecified atom stereocenters. The van der Waals surface area contributed by atoms with Gasteiger partial charge in [-0.15, -0.1) is 0 Å². The fourth-order valence-electron chi connectivity index (χ4n) is 6.45. The van der Waals surface area contributed by atoms with Crippen molar-refractivity contribution in [2.75, 3.05) is 13.1 Å². The van der Waals surface area contributed by atoms with Crippen molar-refractivity contribution in [2.45, 2.75) is 63.9 Å². The first-order chi connectivity index (χ1) is 24.6. The van der Waals surface area contributed by atoms with Gasteiger partial charge in [-0.25, -0.2) is 17.2 Å². The molecule has 0 saturated carbocycles. The van der Waals surface area contributed by atoms with E-state index in [0.717, 1.165) is 40.8 Å². The van der Waals surface area contributed by atoms with Crippen LogP contribution in [0.3, 0.4) is 0 Å². The highest BCUT2D eigenvalue weighted by Gasteiger charge is 2.27. The van der Waals surface area contributed by atoms with Crippen molar-refractivity contribution >= 4 is 32.7 Å². The van der Waals surface area contributed by atoms with Crippen LogP contribution >= 0.6 is 0 Å². The number of carbonyl (C=O) groups excluding carboxylic acids is 1. The zero-order chi connectivity index (χ0) is 37.4. The van der Waals surface area contributed by atoms with E-state index in [0.29, 0.717) is 47.0 Å². The Balaban J connectivity index is 1.24. The summed E-state index contributed by atoms with van der Waals surface area (Å²) >= 11 is 0. The monoisotopic (exact) mass is 726 g/mol. The van der Waals surface area contributed by atoms with Gasteiger partial charge in [0.25, 0.3) is 21.3 Å². The van der Waals surface area contributed by atoms with Gasteiger partial charge < -0.3 is 18.9 Å². The zero-order valence-electron chi connectivity index (χ0n) is 29.9. The molecule has 12 nitrogen and oxygen atoms in total. The number of aryl methyl sites for hydroxylation is 3. The Morgan fingerprint density at radius 2 is 1.63 bits per heavy atom. The number of piperidine rings is 1. The molecule has 1 saturated heterocycles. The van der Waals surface area contributed by atoms with Crippen LogP contribution in [0, 0.1) is 23.0 Å². The lowest BCUT2D eigenvalue weighted by molar-refractivity contribution is -0.384. The van der Waals surface area contributed by atoms with Crippen molar-refractivity contribution in [1.82, 2.24) is 13.4 Å². The van der Waals surface area contributed by atoms with Crippen LogP contribution in [0.2, 0.25) is 0 Å². The van der Waals surface area contributed by atoms with Crippen molar-refractivity contribution in [3.63, 3.8) is 0 Å². The molecule has 0 radical (unpaired) electrons. The lowest BCUT2D eigenvalue weighted by atomic mass is 9.90. The SMILES string of the molecule is Cc1ccc(S(=O)(=O)n2ccc3c(-c4cc([N+](=O)[O-])ccc4Oc4ccc(CCC5CCN(C(=O)OC(C)(C)C)CC5)cc4)cn(C)c(=O)c32)cc1. The van der Waals surface area contributed by atoms with Gasteiger partial charge in [-0.05, 0) is 101 Å². The minimum absolute atomic E-state index is 0.0226. The molecule has 6 rings (SSSR count). The van der Waals surface area contributed by atoms with Gasteiger partial charge in [0, 0.05) is 61.2 Å². The minimum atomic E-state index is -4.14. The number of benzene rings is 3. The molecular formula is C39H42N4O8S. The van der Waals surface area contributed by atoms with Gasteiger partial charge in [0.05, 0.1) is 9.82 Å². The van der Waals surface area contributed by atoms with Crippen LogP contribution in [0.4, 0.5) is 10.5 Å². The van der Waals surface area contributed by atoms with Crippen molar-refractivity contribution < 1.29 is 27.6 Å². The third kappa shape index (κ3) is 7.74. The van der Waals surface area contributed by atoms with Gasteiger partial charge in [0.2, 0.25) is 0 Å². The maximum atomic E-state index is 13.7. The maximum absolute atomic E-state index is 13.7. The van der Waals surface area contributed by atoms with Crippen LogP contribution in [-0.4, -0.2) is 51.6 Å². The maximum Gasteiger partial charge on any atom is 0.410 e. The largest absolute Gasteiger partial charge is 0.457 e. The van der Waals surface area contributed by atoms with Gasteiger partial charge in [0.15, 0.2) is 0 Å². The Morgan fingerprint density at radius 1 is 0.962 bits per heavy atom. The van der Waals surface area contributed by atoms with E-state index < -0.39 is 26.1 Å². The van der Waals surface area contributed by atoms with E-state index in [1.54, 1.807) is 17.0 Å². The number of ether oxygens (including phenoxy) is 2. The summed E-state index contributed by atoms with van der Waals surface area (Å²) in [6, 6.07) is 19.7. The van der Waals surface area contributed by atoms with Crippen LogP contribution < -0.4 is 10.3 Å². The molecule has 1 aliphatic rings. The molecule has 52 heavy (non-hydrogen) atoms. The van der Waals surface area contributed by atoms with E-state index in [-0.39, 0.29) is 22.2 Å². The predicted molar refractivity (Wildman–Crippen MR) is 198 cm³/mol. The molecule has 1 fully saturated rings. The number of carbonyl (C=O) groups is 1. The quantitative estimate of drug-likeness (QED) is 0.110. The fourth-order valence-corrected chi connectivity index (χ4v) is 7.80. The van der Waals surface area contributed by atoms with Crippen LogP contribution in [0.1, 0.15) is 51.2 Å². The van der Waals surface area contributed by atoms with Gasteiger partial charge in [-0.1, -0.05) is 29.8 Å². The van der Waals surface area contributed by atoms with Gasteiger partial charge in [-0.2, -0.15) is 0 Å². The third-order valence-electron chi connectivity index (χ3n) is 9.29. The molecule has 0 aliphatic carbocycles. The summed E-state index contributed by atoms with van der Waals surface area (Å²) in [7, 11) is -2.64. The van der Waals surface area contributed by atoms with Gasteiger partial charge in [-0.3, -0.25) is 14.9 Å². The summed E-state index contributed by atoms with van der Waals surface area (Å²) in [5.74, 6) is 1.30. The first kappa shape index (κ1) is 36.4. The minimum Gasteiger partial charge on any atom is -0.457 e. The second-order valence-corrected chi connectivity index (χ2v) is 16.1. The summed E-state index contributed by atoms with van der Waals surface area (Å²) in [6.45, 7) is 8.81. The topological polar surface area (TPSA) is 143 Å². The van der Waals surface area contributed by atoms with E-state index in [9.17, 15) is 28.1 Å². The summed E-state index contributed by atoms with van der Waals surface area (Å²) in [5.41, 5.74) is 1.39. The number of rotatable bonds is 9. The lowest BCUT2D eigenvalue weighted by Crippen LogP contribution is -2.41. The highest BCUT2D eigenvalue weighted by Crippen LogP contribution is 2.39. The van der Waals surface area contributed by atoms with Crippen LogP contribution in [0.5, 0.6) is 11.5 Å². The first-order valence-corrected chi connectivity index (χ1v) is 18.6. The van der Waals surface area contributed by atoms with Crippen LogP contribution in [0.15, 0.2) is 94.9 Å². The third-order valence-corrected chi connectivity index (χ3v) is 11.0. The summed E-state index contributed by atoms with van der Waals surface area (Å²) in [6.07, 6.45) is 6.27. The molecule has 2 aromatic heterocycles. The van der Waals surface area contributed by atoms with Gasteiger partial charge in [0.1, 0.15) is 22.6 Å². The van der Waals surface area contributed by atoms with Crippen molar-refractivity contribution in [2.24, 2.45) is 13.0 Å². The van der Waals surface area contributed by atoms with E-state index in [2.05, 4.69) is 0 Å². The van der Waals surface area contributed by atoms with E-state index in [1.165, 1.54) is 60.4 Å². The number of non-ortho nitro benzene ring substituents is 1. The van der Waals surface area contributed by atoms with Crippen molar-refractivity contribution in [1.29, 1.82) is 0 Å². The first-order valence-electron chi connectivity index (χ1n) is 17.2. The number of pyridine rings is 1. The molecule has 0 bridgehead atoms. The number of nitro groups is 1. The Morgan fingerprint density at radius 3 is 2.27 bits per heavy atom. The Bertz CT molecular complexity index is 2300. The smallest absolute Gasteiger partial charge is 0.410 e. The molecular weight excluding hydrogens is 685 g/mol. The predicted octanol–water partition coefficient (Wildman–Crippen LogP) is 7.83. The molecule has 0 N–H and O–H groups in total. The Kier molecular flexibility index (Phi) is 10.00. The van der Waals surface area contributed by atoms with Crippen molar-refractivity contribution in [3.8, 4) is 22.6 Å². The van der Waals surface area contributed by atoms with E-state index >= 15 is 0 Å². The Hall–Kier alpha value is -5.43. The second kappa shape index (κ2) is 14.3. The normalized spacial score (nSPS) is 14.1. The molecule has 0 spiro atoms. The lowest BCUT2D eigenvalue weighted by Gasteiger charge is -2.33. The molecule has 13 heteroatoms. The van der Waals surface area contributed by atoms with E-state index in [4.69, 9.17) is 9.47 Å². The number of fused-ring (bicyclic) bond motifs is 1. The molecule has 3 heterocycles. The number of amides is 1. The number of nitrogens with zero attached hydrogens (tertiary/aromatic N) is 4. The molecule has 1 amide bonds. The van der Waals surface area contributed by atoms with E-state index in [1.807, 2.05) is 52.0 Å². The standard InChI is InChI=1S/C39H42N4O8S/c1-26-6-15-31(16-7-26)52(48,49)42-23-20-32-34(25-40(5)37(44)36(32)42)33-24-29(43(46)47)12-17-35(33)50-30-13-10-27(11-14-30)8-9-28-18-21-41(22-19-28)38(45)51-39(2,3)4/h6-7,10-17,20,23-25,28H,8-9,18-19,21-22H2,1-5H3. The summed E-state index contributed by atoms with van der Waals surface area (Å²) < 4.78 is 41.5. The summed E-state index contributed by atoms with van der Waals surface area (Å²) in [5, 5.41) is 12.2. The fraction of sp³-hybridized carbons (Fsp3) is 0.333. The number of likely N-dealkylation sites (tertiary alicyclic amines) is 1.